The molecule has 27 heavy (non-hydrogen) atoms. The van der Waals surface area contributed by atoms with Crippen LogP contribution in [0.15, 0.2) is 30.3 Å². The molecule has 0 saturated carbocycles. The number of methoxy groups -OCH3 is 1. The Morgan fingerprint density at radius 1 is 1.15 bits per heavy atom. The second-order valence-electron chi connectivity index (χ2n) is 5.22. The summed E-state index contributed by atoms with van der Waals surface area (Å²) >= 11 is 0. The second kappa shape index (κ2) is 7.35. The lowest BCUT2D eigenvalue weighted by molar-refractivity contribution is -0.392. The van der Waals surface area contributed by atoms with Crippen molar-refractivity contribution in [3.8, 4) is 11.5 Å². The molecule has 144 valence electrons. The van der Waals surface area contributed by atoms with E-state index in [-0.39, 0.29) is 35.7 Å². The molecule has 0 heterocycles. The van der Waals surface area contributed by atoms with E-state index in [1.54, 1.807) is 0 Å². The van der Waals surface area contributed by atoms with Gasteiger partial charge in [0.25, 0.3) is 11.4 Å². The number of nitro benzene ring substituents is 2. The van der Waals surface area contributed by atoms with Crippen molar-refractivity contribution in [2.24, 2.45) is 0 Å². The maximum atomic E-state index is 12.9. The van der Waals surface area contributed by atoms with Crippen LogP contribution in [0.5, 0.6) is 11.5 Å². The molecule has 0 spiro atoms. The third kappa shape index (κ3) is 4.16. The van der Waals surface area contributed by atoms with E-state index in [4.69, 9.17) is 4.74 Å². The first kappa shape index (κ1) is 19.8. The molecule has 0 fully saturated rings. The molecular weight excluding hydrogens is 375 g/mol. The van der Waals surface area contributed by atoms with Gasteiger partial charge in [0.15, 0.2) is 17.2 Å². The van der Waals surface area contributed by atoms with Gasteiger partial charge in [0.1, 0.15) is 0 Å². The van der Waals surface area contributed by atoms with Crippen LogP contribution in [0.4, 0.5) is 30.2 Å². The molecule has 0 aliphatic carbocycles. The highest BCUT2D eigenvalue weighted by atomic mass is 19.4. The summed E-state index contributed by atoms with van der Waals surface area (Å²) in [6, 6.07) is 4.75. The van der Waals surface area contributed by atoms with E-state index in [1.807, 2.05) is 0 Å². The van der Waals surface area contributed by atoms with Crippen molar-refractivity contribution in [1.82, 2.24) is 0 Å². The summed E-state index contributed by atoms with van der Waals surface area (Å²) in [6.45, 7) is -0.337. The number of benzene rings is 2. The van der Waals surface area contributed by atoms with Gasteiger partial charge in [-0.1, -0.05) is 12.1 Å². The molecule has 2 aromatic rings. The number of hydrogen-bond acceptors (Lipinski definition) is 7. The third-order valence-electron chi connectivity index (χ3n) is 3.58. The van der Waals surface area contributed by atoms with Gasteiger partial charge in [-0.15, -0.1) is 0 Å². The molecule has 0 saturated heterocycles. The van der Waals surface area contributed by atoms with Gasteiger partial charge < -0.3 is 15.2 Å². The average molecular weight is 387 g/mol. The van der Waals surface area contributed by atoms with Gasteiger partial charge in [0.05, 0.1) is 22.5 Å². The number of para-hydroxylation sites is 1. The zero-order chi connectivity index (χ0) is 20.4. The molecule has 2 rings (SSSR count). The number of anilines is 1. The lowest BCUT2D eigenvalue weighted by Crippen LogP contribution is -2.11. The maximum Gasteiger partial charge on any atom is 0.416 e. The molecule has 2 N–H and O–H groups in total. The number of alkyl halides is 3. The van der Waals surface area contributed by atoms with Gasteiger partial charge >= 0.3 is 6.18 Å². The Morgan fingerprint density at radius 3 is 2.15 bits per heavy atom. The van der Waals surface area contributed by atoms with Gasteiger partial charge in [-0.2, -0.15) is 13.2 Å². The molecule has 0 aromatic heterocycles. The van der Waals surface area contributed by atoms with Crippen molar-refractivity contribution in [3.05, 3.63) is 61.7 Å². The number of nitrogens with one attached hydrogen (secondary N) is 1. The van der Waals surface area contributed by atoms with Gasteiger partial charge in [-0.25, -0.2) is 0 Å². The minimum absolute atomic E-state index is 0.0886. The highest BCUT2D eigenvalue weighted by Crippen LogP contribution is 2.41. The van der Waals surface area contributed by atoms with Crippen LogP contribution in [0, 0.1) is 20.2 Å². The predicted molar refractivity (Wildman–Crippen MR) is 86.7 cm³/mol. The molecule has 9 nitrogen and oxygen atoms in total. The predicted octanol–water partition coefficient (Wildman–Crippen LogP) is 3.85. The molecular formula is C15H12F3N3O6. The highest BCUT2D eigenvalue weighted by Gasteiger charge is 2.37. The topological polar surface area (TPSA) is 128 Å². The summed E-state index contributed by atoms with van der Waals surface area (Å²) in [5.41, 5.74) is -4.29. The molecule has 2 aromatic carbocycles. The lowest BCUT2D eigenvalue weighted by atomic mass is 10.1. The normalized spacial score (nSPS) is 11.1. The molecule has 0 radical (unpaired) electrons. The number of halogens is 3. The fourth-order valence-electron chi connectivity index (χ4n) is 2.30. The monoisotopic (exact) mass is 387 g/mol. The van der Waals surface area contributed by atoms with Crippen LogP contribution >= 0.6 is 0 Å². The SMILES string of the molecule is COc1cccc(CNc2c([N+](=O)[O-])cc(C(F)(F)F)cc2[N+](=O)[O-])c1O. The van der Waals surface area contributed by atoms with Crippen LogP contribution in [0.25, 0.3) is 0 Å². The third-order valence-corrected chi connectivity index (χ3v) is 3.58. The first-order chi connectivity index (χ1) is 12.6. The van der Waals surface area contributed by atoms with Crippen LogP contribution in [-0.4, -0.2) is 22.1 Å². The second-order valence-corrected chi connectivity index (χ2v) is 5.22. The van der Waals surface area contributed by atoms with Gasteiger partial charge in [0, 0.05) is 24.2 Å². The van der Waals surface area contributed by atoms with E-state index in [0.717, 1.165) is 0 Å². The number of hydrogen-bond donors (Lipinski definition) is 2. The first-order valence-corrected chi connectivity index (χ1v) is 7.19. The summed E-state index contributed by atoms with van der Waals surface area (Å²) in [5, 5.41) is 34.7. The quantitative estimate of drug-likeness (QED) is 0.569. The Bertz CT molecular complexity index is 866. The minimum atomic E-state index is -5.00. The number of aromatic hydroxyl groups is 1. The van der Waals surface area contributed by atoms with E-state index in [9.17, 15) is 38.5 Å². The Kier molecular flexibility index (Phi) is 5.38. The van der Waals surface area contributed by atoms with Crippen molar-refractivity contribution in [2.75, 3.05) is 12.4 Å². The standard InChI is InChI=1S/C15H12F3N3O6/c1-27-12-4-2-3-8(14(12)22)7-19-13-10(20(23)24)5-9(15(16,17)18)6-11(13)21(25)26/h2-6,19,22H,7H2,1H3. The molecule has 0 bridgehead atoms. The number of phenols is 1. The first-order valence-electron chi connectivity index (χ1n) is 7.19. The zero-order valence-electron chi connectivity index (χ0n) is 13.6. The highest BCUT2D eigenvalue weighted by molar-refractivity contribution is 5.75. The number of phenolic OH excluding ortho intramolecular Hbond substituents is 1. The Hall–Kier alpha value is -3.57. The van der Waals surface area contributed by atoms with Crippen molar-refractivity contribution < 1.29 is 32.9 Å². The number of ether oxygens (including phenoxy) is 1. The summed E-state index contributed by atoms with van der Waals surface area (Å²) in [6.07, 6.45) is -5.00. The van der Waals surface area contributed by atoms with Gasteiger partial charge in [-0.05, 0) is 6.07 Å². The van der Waals surface area contributed by atoms with Crippen molar-refractivity contribution in [1.29, 1.82) is 0 Å². The van der Waals surface area contributed by atoms with Crippen LogP contribution in [-0.2, 0) is 12.7 Å². The molecule has 0 amide bonds. The van der Waals surface area contributed by atoms with Crippen LogP contribution in [0.3, 0.4) is 0 Å². The molecule has 0 aliphatic rings. The van der Waals surface area contributed by atoms with E-state index in [0.29, 0.717) is 0 Å². The van der Waals surface area contributed by atoms with Crippen LogP contribution in [0.1, 0.15) is 11.1 Å². The van der Waals surface area contributed by atoms with E-state index >= 15 is 0 Å². The van der Waals surface area contributed by atoms with Crippen molar-refractivity contribution >= 4 is 17.1 Å². The van der Waals surface area contributed by atoms with Gasteiger partial charge in [-0.3, -0.25) is 20.2 Å². The van der Waals surface area contributed by atoms with Crippen molar-refractivity contribution in [2.45, 2.75) is 12.7 Å². The minimum Gasteiger partial charge on any atom is -0.504 e. The largest absolute Gasteiger partial charge is 0.504 e. The summed E-state index contributed by atoms with van der Waals surface area (Å²) in [7, 11) is 1.29. The van der Waals surface area contributed by atoms with Crippen LogP contribution in [0.2, 0.25) is 0 Å². The molecule has 12 heteroatoms. The zero-order valence-corrected chi connectivity index (χ0v) is 13.6. The number of nitrogens with zero attached hydrogens (tertiary/aromatic N) is 2. The Balaban J connectivity index is 2.52. The summed E-state index contributed by atoms with van der Waals surface area (Å²) in [5.74, 6) is -0.226. The smallest absolute Gasteiger partial charge is 0.416 e. The molecule has 0 unspecified atom stereocenters. The Labute approximate surface area is 149 Å². The van der Waals surface area contributed by atoms with E-state index < -0.39 is 38.6 Å². The fourth-order valence-corrected chi connectivity index (χ4v) is 2.30. The summed E-state index contributed by atoms with van der Waals surface area (Å²) in [4.78, 5) is 20.0. The Morgan fingerprint density at radius 2 is 1.70 bits per heavy atom. The fraction of sp³-hybridized carbons (Fsp3) is 0.200. The molecule has 0 aliphatic heterocycles. The van der Waals surface area contributed by atoms with E-state index in [1.165, 1.54) is 25.3 Å². The average Bonchev–Trinajstić information content (AvgIpc) is 2.59. The lowest BCUT2D eigenvalue weighted by Gasteiger charge is -2.13. The van der Waals surface area contributed by atoms with Gasteiger partial charge in [0.2, 0.25) is 0 Å². The number of rotatable bonds is 6. The molecule has 0 atom stereocenters. The van der Waals surface area contributed by atoms with Crippen LogP contribution < -0.4 is 10.1 Å². The van der Waals surface area contributed by atoms with E-state index in [2.05, 4.69) is 5.32 Å². The number of nitro groups is 2. The maximum absolute atomic E-state index is 12.9. The summed E-state index contributed by atoms with van der Waals surface area (Å²) < 4.78 is 43.5. The van der Waals surface area contributed by atoms with Crippen molar-refractivity contribution in [3.63, 3.8) is 0 Å².